The minimum Gasteiger partial charge on any atom is -0.481 e. The molecule has 6 heteroatoms. The van der Waals surface area contributed by atoms with Crippen LogP contribution in [-0.4, -0.2) is 28.0 Å². The maximum absolute atomic E-state index is 12.8. The number of carboxylic acids is 1. The summed E-state index contributed by atoms with van der Waals surface area (Å²) in [6, 6.07) is 0. The van der Waals surface area contributed by atoms with E-state index in [2.05, 4.69) is 0 Å². The normalized spacial score (nSPS) is 30.6. The van der Waals surface area contributed by atoms with Gasteiger partial charge in [-0.15, -0.1) is 0 Å². The van der Waals surface area contributed by atoms with Gasteiger partial charge in [0.25, 0.3) is 0 Å². The molecule has 17 heavy (non-hydrogen) atoms. The summed E-state index contributed by atoms with van der Waals surface area (Å²) in [7, 11) is 0. The quantitative estimate of drug-likeness (QED) is 0.813. The second-order valence-corrected chi connectivity index (χ2v) is 5.40. The Labute approximate surface area is 97.6 Å². The fourth-order valence-electron chi connectivity index (χ4n) is 2.41. The molecule has 0 heterocycles. The Hall–Kier alpha value is -0.780. The van der Waals surface area contributed by atoms with Crippen LogP contribution in [0.3, 0.4) is 0 Å². The summed E-state index contributed by atoms with van der Waals surface area (Å²) in [4.78, 5) is 10.9. The number of rotatable bonds is 3. The maximum Gasteiger partial charge on any atom is 0.417 e. The Kier molecular flexibility index (Phi) is 3.49. The van der Waals surface area contributed by atoms with Gasteiger partial charge in [0, 0.05) is 0 Å². The van der Waals surface area contributed by atoms with Crippen LogP contribution >= 0.6 is 0 Å². The van der Waals surface area contributed by atoms with E-state index in [-0.39, 0.29) is 25.7 Å². The number of alkyl halides is 3. The second-order valence-electron chi connectivity index (χ2n) is 5.40. The topological polar surface area (TPSA) is 57.5 Å². The van der Waals surface area contributed by atoms with Crippen LogP contribution in [0.2, 0.25) is 0 Å². The zero-order valence-corrected chi connectivity index (χ0v) is 9.84. The lowest BCUT2D eigenvalue weighted by Gasteiger charge is -2.35. The molecule has 0 aromatic heterocycles. The van der Waals surface area contributed by atoms with Gasteiger partial charge in [0.2, 0.25) is 0 Å². The molecule has 0 amide bonds. The minimum atomic E-state index is -4.69. The Bertz CT molecular complexity index is 312. The van der Waals surface area contributed by atoms with Crippen LogP contribution in [0, 0.1) is 11.3 Å². The van der Waals surface area contributed by atoms with Crippen molar-refractivity contribution in [3.63, 3.8) is 0 Å². The highest BCUT2D eigenvalue weighted by Gasteiger charge is 2.61. The van der Waals surface area contributed by atoms with Crippen molar-refractivity contribution < 1.29 is 28.2 Å². The van der Waals surface area contributed by atoms with E-state index < -0.39 is 29.1 Å². The Balaban J connectivity index is 2.88. The largest absolute Gasteiger partial charge is 0.481 e. The van der Waals surface area contributed by atoms with Crippen molar-refractivity contribution in [2.75, 3.05) is 0 Å². The number of carbonyl (C=O) groups is 1. The molecule has 0 aliphatic heterocycles. The molecule has 0 saturated heterocycles. The van der Waals surface area contributed by atoms with E-state index >= 15 is 0 Å². The fourth-order valence-corrected chi connectivity index (χ4v) is 2.41. The van der Waals surface area contributed by atoms with Crippen molar-refractivity contribution in [1.29, 1.82) is 0 Å². The molecule has 2 atom stereocenters. The third-order valence-corrected chi connectivity index (χ3v) is 3.61. The van der Waals surface area contributed by atoms with E-state index in [1.54, 1.807) is 0 Å². The summed E-state index contributed by atoms with van der Waals surface area (Å²) in [6.45, 7) is 2.76. The summed E-state index contributed by atoms with van der Waals surface area (Å²) in [5.74, 6) is -2.18. The molecule has 0 radical (unpaired) electrons. The Morgan fingerprint density at radius 2 is 1.94 bits per heavy atom. The van der Waals surface area contributed by atoms with Crippen LogP contribution < -0.4 is 0 Å². The maximum atomic E-state index is 12.8. The molecule has 2 N–H and O–H groups in total. The average molecular weight is 254 g/mol. The standard InChI is InChI=1S/C11H17F3O3/c1-9(2,8(15)16)6-7-4-3-5-10(7,17)11(12,13)14/h7,17H,3-6H2,1-2H3,(H,15,16). The van der Waals surface area contributed by atoms with Gasteiger partial charge in [-0.3, -0.25) is 4.79 Å². The summed E-state index contributed by atoms with van der Waals surface area (Å²) in [5.41, 5.74) is -3.98. The van der Waals surface area contributed by atoms with Gasteiger partial charge in [0.05, 0.1) is 5.41 Å². The average Bonchev–Trinajstić information content (AvgIpc) is 2.47. The van der Waals surface area contributed by atoms with Crippen LogP contribution in [-0.2, 0) is 4.79 Å². The second kappa shape index (κ2) is 4.15. The Morgan fingerprint density at radius 3 is 2.35 bits per heavy atom. The highest BCUT2D eigenvalue weighted by Crippen LogP contribution is 2.50. The molecule has 2 unspecified atom stereocenters. The van der Waals surface area contributed by atoms with Crippen molar-refractivity contribution in [2.24, 2.45) is 11.3 Å². The van der Waals surface area contributed by atoms with Gasteiger partial charge in [0.15, 0.2) is 5.60 Å². The first-order valence-corrected chi connectivity index (χ1v) is 5.53. The van der Waals surface area contributed by atoms with E-state index in [1.165, 1.54) is 13.8 Å². The first-order chi connectivity index (χ1) is 7.51. The van der Waals surface area contributed by atoms with Gasteiger partial charge in [-0.1, -0.05) is 0 Å². The summed E-state index contributed by atoms with van der Waals surface area (Å²) >= 11 is 0. The van der Waals surface area contributed by atoms with E-state index in [1.807, 2.05) is 0 Å². The molecule has 1 rings (SSSR count). The van der Waals surface area contributed by atoms with Gasteiger partial charge in [-0.05, 0) is 45.4 Å². The number of hydrogen-bond acceptors (Lipinski definition) is 2. The van der Waals surface area contributed by atoms with Crippen molar-refractivity contribution in [1.82, 2.24) is 0 Å². The molecule has 0 aromatic carbocycles. The molecule has 1 saturated carbocycles. The van der Waals surface area contributed by atoms with Crippen molar-refractivity contribution in [2.45, 2.75) is 51.3 Å². The van der Waals surface area contributed by atoms with E-state index in [0.29, 0.717) is 0 Å². The van der Waals surface area contributed by atoms with Crippen LogP contribution in [0.25, 0.3) is 0 Å². The monoisotopic (exact) mass is 254 g/mol. The van der Waals surface area contributed by atoms with E-state index in [9.17, 15) is 23.1 Å². The minimum absolute atomic E-state index is 0.168. The van der Waals surface area contributed by atoms with Crippen LogP contribution in [0.4, 0.5) is 13.2 Å². The Morgan fingerprint density at radius 1 is 1.41 bits per heavy atom. The molecule has 1 aliphatic carbocycles. The van der Waals surface area contributed by atoms with Gasteiger partial charge in [-0.25, -0.2) is 0 Å². The zero-order chi connectivity index (χ0) is 13.5. The molecule has 1 fully saturated rings. The zero-order valence-electron chi connectivity index (χ0n) is 9.84. The third-order valence-electron chi connectivity index (χ3n) is 3.61. The number of carboxylic acid groups (broad SMARTS) is 1. The molecule has 100 valence electrons. The van der Waals surface area contributed by atoms with Crippen molar-refractivity contribution in [3.05, 3.63) is 0 Å². The first-order valence-electron chi connectivity index (χ1n) is 5.53. The van der Waals surface area contributed by atoms with Gasteiger partial charge >= 0.3 is 12.1 Å². The van der Waals surface area contributed by atoms with Crippen LogP contribution in [0.5, 0.6) is 0 Å². The number of hydrogen-bond donors (Lipinski definition) is 2. The molecular formula is C11H17F3O3. The molecule has 1 aliphatic rings. The molecular weight excluding hydrogens is 237 g/mol. The highest BCUT2D eigenvalue weighted by molar-refractivity contribution is 5.73. The smallest absolute Gasteiger partial charge is 0.417 e. The molecule has 0 spiro atoms. The lowest BCUT2D eigenvalue weighted by Crippen LogP contribution is -2.49. The van der Waals surface area contributed by atoms with Gasteiger partial charge < -0.3 is 10.2 Å². The summed E-state index contributed by atoms with van der Waals surface area (Å²) in [5, 5.41) is 18.6. The predicted octanol–water partition coefficient (Wildman–Crippen LogP) is 2.58. The van der Waals surface area contributed by atoms with E-state index in [0.717, 1.165) is 0 Å². The van der Waals surface area contributed by atoms with Crippen molar-refractivity contribution >= 4 is 5.97 Å². The summed E-state index contributed by atoms with van der Waals surface area (Å²) in [6.07, 6.45) is -4.71. The third kappa shape index (κ3) is 2.56. The predicted molar refractivity (Wildman–Crippen MR) is 54.4 cm³/mol. The van der Waals surface area contributed by atoms with Crippen LogP contribution in [0.1, 0.15) is 39.5 Å². The SMILES string of the molecule is CC(C)(CC1CCCC1(O)C(F)(F)F)C(=O)O. The summed E-state index contributed by atoms with van der Waals surface area (Å²) < 4.78 is 38.3. The number of halogens is 3. The highest BCUT2D eigenvalue weighted by atomic mass is 19.4. The van der Waals surface area contributed by atoms with Gasteiger partial charge in [-0.2, -0.15) is 13.2 Å². The first kappa shape index (κ1) is 14.3. The lowest BCUT2D eigenvalue weighted by atomic mass is 9.76. The van der Waals surface area contributed by atoms with Crippen LogP contribution in [0.15, 0.2) is 0 Å². The lowest BCUT2D eigenvalue weighted by molar-refractivity contribution is -0.274. The molecule has 0 bridgehead atoms. The molecule has 3 nitrogen and oxygen atoms in total. The van der Waals surface area contributed by atoms with Crippen molar-refractivity contribution in [3.8, 4) is 0 Å². The number of aliphatic hydroxyl groups is 1. The molecule has 0 aromatic rings. The fraction of sp³-hybridized carbons (Fsp3) is 0.909. The number of aliphatic carboxylic acids is 1. The van der Waals surface area contributed by atoms with Gasteiger partial charge in [0.1, 0.15) is 0 Å². The van der Waals surface area contributed by atoms with E-state index in [4.69, 9.17) is 5.11 Å².